The topological polar surface area (TPSA) is 66.9 Å². The van der Waals surface area contributed by atoms with E-state index in [0.29, 0.717) is 0 Å². The van der Waals surface area contributed by atoms with Crippen LogP contribution >= 0.6 is 11.3 Å². The molecule has 1 atom stereocenters. The van der Waals surface area contributed by atoms with E-state index in [-0.39, 0.29) is 23.8 Å². The third-order valence-electron chi connectivity index (χ3n) is 5.04. The van der Waals surface area contributed by atoms with E-state index in [1.807, 2.05) is 6.07 Å². The first-order valence-electron chi connectivity index (χ1n) is 8.49. The molecular formula is C18H24N4OS. The Balaban J connectivity index is 1.69. The number of nitrogens with zero attached hydrogens (tertiary/aromatic N) is 2. The maximum absolute atomic E-state index is 12.5. The highest BCUT2D eigenvalue weighted by Gasteiger charge is 2.41. The molecule has 0 spiro atoms. The van der Waals surface area contributed by atoms with Gasteiger partial charge in [-0.1, -0.05) is 54.5 Å². The van der Waals surface area contributed by atoms with Crippen molar-refractivity contribution < 1.29 is 4.79 Å². The van der Waals surface area contributed by atoms with Gasteiger partial charge in [-0.05, 0) is 25.3 Å². The molecule has 3 rings (SSSR count). The molecule has 1 heterocycles. The van der Waals surface area contributed by atoms with Crippen LogP contribution in [0.5, 0.6) is 0 Å². The molecule has 2 aromatic rings. The summed E-state index contributed by atoms with van der Waals surface area (Å²) in [5.74, 6) is 0.0171. The second kappa shape index (κ2) is 7.30. The van der Waals surface area contributed by atoms with Crippen molar-refractivity contribution in [3.05, 3.63) is 40.9 Å². The van der Waals surface area contributed by atoms with Gasteiger partial charge in [0.2, 0.25) is 11.0 Å². The Kier molecular flexibility index (Phi) is 5.14. The minimum Gasteiger partial charge on any atom is -0.363 e. The molecule has 1 fully saturated rings. The van der Waals surface area contributed by atoms with Crippen LogP contribution in [0.25, 0.3) is 0 Å². The maximum atomic E-state index is 12.5. The van der Waals surface area contributed by atoms with Crippen LogP contribution < -0.4 is 10.6 Å². The molecule has 1 aliphatic carbocycles. The van der Waals surface area contributed by atoms with Crippen molar-refractivity contribution in [2.75, 3.05) is 12.4 Å². The predicted molar refractivity (Wildman–Crippen MR) is 97.4 cm³/mol. The van der Waals surface area contributed by atoms with E-state index < -0.39 is 0 Å². The second-order valence-electron chi connectivity index (χ2n) is 6.45. The number of hydrogen-bond donors (Lipinski definition) is 2. The summed E-state index contributed by atoms with van der Waals surface area (Å²) in [5.41, 5.74) is 1.39. The number of anilines is 1. The van der Waals surface area contributed by atoms with E-state index in [1.165, 1.54) is 29.7 Å². The van der Waals surface area contributed by atoms with Gasteiger partial charge in [-0.25, -0.2) is 0 Å². The quantitative estimate of drug-likeness (QED) is 0.845. The summed E-state index contributed by atoms with van der Waals surface area (Å²) in [6, 6.07) is 10.7. The van der Waals surface area contributed by atoms with Crippen LogP contribution in [0.3, 0.4) is 0 Å². The monoisotopic (exact) mass is 344 g/mol. The molecule has 0 aliphatic heterocycles. The van der Waals surface area contributed by atoms with Gasteiger partial charge >= 0.3 is 0 Å². The molecule has 24 heavy (non-hydrogen) atoms. The number of benzene rings is 1. The molecule has 2 N–H and O–H groups in total. The highest BCUT2D eigenvalue weighted by molar-refractivity contribution is 7.15. The van der Waals surface area contributed by atoms with Crippen molar-refractivity contribution in [3.63, 3.8) is 0 Å². The van der Waals surface area contributed by atoms with Crippen LogP contribution in [-0.4, -0.2) is 29.2 Å². The van der Waals surface area contributed by atoms with Crippen LogP contribution in [0.15, 0.2) is 30.3 Å². The number of rotatable bonds is 6. The third-order valence-corrected chi connectivity index (χ3v) is 5.98. The van der Waals surface area contributed by atoms with Crippen LogP contribution in [-0.2, 0) is 16.6 Å². The number of carbonyl (C=O) groups is 1. The van der Waals surface area contributed by atoms with Gasteiger partial charge < -0.3 is 10.6 Å². The fourth-order valence-corrected chi connectivity index (χ4v) is 4.43. The fraction of sp³-hybridized carbons (Fsp3) is 0.500. The van der Waals surface area contributed by atoms with E-state index in [0.717, 1.165) is 23.0 Å². The van der Waals surface area contributed by atoms with E-state index in [2.05, 4.69) is 52.0 Å². The number of aromatic nitrogens is 2. The Morgan fingerprint density at radius 3 is 2.58 bits per heavy atom. The Hall–Kier alpha value is -1.95. The summed E-state index contributed by atoms with van der Waals surface area (Å²) in [6.45, 7) is 2.13. The molecule has 1 aliphatic rings. The average molecular weight is 344 g/mol. The third kappa shape index (κ3) is 3.43. The van der Waals surface area contributed by atoms with Crippen LogP contribution in [0.1, 0.15) is 43.2 Å². The lowest BCUT2D eigenvalue weighted by molar-refractivity contribution is -0.121. The summed E-state index contributed by atoms with van der Waals surface area (Å²) in [4.78, 5) is 12.5. The van der Waals surface area contributed by atoms with Gasteiger partial charge in [0.25, 0.3) is 0 Å². The highest BCUT2D eigenvalue weighted by Crippen LogP contribution is 2.43. The molecule has 5 nitrogen and oxygen atoms in total. The van der Waals surface area contributed by atoms with E-state index in [1.54, 1.807) is 7.05 Å². The van der Waals surface area contributed by atoms with Gasteiger partial charge in [0.15, 0.2) is 0 Å². The Morgan fingerprint density at radius 1 is 1.25 bits per heavy atom. The molecule has 1 aromatic heterocycles. The highest BCUT2D eigenvalue weighted by atomic mass is 32.1. The molecule has 0 saturated heterocycles. The summed E-state index contributed by atoms with van der Waals surface area (Å²) >= 11 is 1.42. The van der Waals surface area contributed by atoms with Gasteiger partial charge in [-0.15, -0.1) is 10.2 Å². The van der Waals surface area contributed by atoms with Gasteiger partial charge in [-0.2, -0.15) is 0 Å². The lowest BCUT2D eigenvalue weighted by Crippen LogP contribution is -2.47. The average Bonchev–Trinajstić information content (AvgIpc) is 3.25. The lowest BCUT2D eigenvalue weighted by Gasteiger charge is -2.36. The number of nitrogens with one attached hydrogen (secondary N) is 2. The molecule has 128 valence electrons. The lowest BCUT2D eigenvalue weighted by atomic mass is 9.73. The molecular weight excluding hydrogens is 320 g/mol. The van der Waals surface area contributed by atoms with Crippen molar-refractivity contribution in [2.24, 2.45) is 0 Å². The van der Waals surface area contributed by atoms with Crippen molar-refractivity contribution >= 4 is 22.4 Å². The van der Waals surface area contributed by atoms with Gasteiger partial charge in [0, 0.05) is 18.5 Å². The minimum absolute atomic E-state index is 0.0171. The Morgan fingerprint density at radius 2 is 1.96 bits per heavy atom. The number of hydrogen-bond acceptors (Lipinski definition) is 5. The summed E-state index contributed by atoms with van der Waals surface area (Å²) in [7, 11) is 1.80. The molecule has 1 aromatic carbocycles. The second-order valence-corrected chi connectivity index (χ2v) is 7.51. The number of carbonyl (C=O) groups excluding carboxylic acids is 1. The molecule has 0 radical (unpaired) electrons. The van der Waals surface area contributed by atoms with Gasteiger partial charge in [0.05, 0.1) is 6.42 Å². The summed E-state index contributed by atoms with van der Waals surface area (Å²) in [6.07, 6.45) is 4.98. The smallest absolute Gasteiger partial charge is 0.227 e. The van der Waals surface area contributed by atoms with Crippen molar-refractivity contribution in [1.29, 1.82) is 0 Å². The molecule has 6 heteroatoms. The van der Waals surface area contributed by atoms with Gasteiger partial charge in [0.1, 0.15) is 5.01 Å². The van der Waals surface area contributed by atoms with Crippen LogP contribution in [0.2, 0.25) is 0 Å². The molecule has 1 saturated carbocycles. The standard InChI is InChI=1S/C18H24N4OS/c1-13(20-15(23)12-16-21-22-17(19-2)24-16)18(10-6-7-11-18)14-8-4-3-5-9-14/h3-5,8-9,13H,6-7,10-12H2,1-2H3,(H,19,22)(H,20,23)/t13-/m1/s1. The van der Waals surface area contributed by atoms with E-state index >= 15 is 0 Å². The first-order chi connectivity index (χ1) is 11.6. The summed E-state index contributed by atoms with van der Waals surface area (Å²) in [5, 5.41) is 15.7. The molecule has 0 bridgehead atoms. The van der Waals surface area contributed by atoms with Crippen molar-refractivity contribution in [2.45, 2.75) is 50.5 Å². The molecule has 1 amide bonds. The Bertz CT molecular complexity index is 679. The maximum Gasteiger partial charge on any atom is 0.227 e. The van der Waals surface area contributed by atoms with E-state index in [9.17, 15) is 4.79 Å². The first kappa shape index (κ1) is 16.9. The number of amides is 1. The van der Waals surface area contributed by atoms with Crippen molar-refractivity contribution in [3.8, 4) is 0 Å². The summed E-state index contributed by atoms with van der Waals surface area (Å²) < 4.78 is 0. The van der Waals surface area contributed by atoms with Crippen LogP contribution in [0, 0.1) is 0 Å². The predicted octanol–water partition coefficient (Wildman–Crippen LogP) is 3.14. The SMILES string of the molecule is CNc1nnc(CC(=O)N[C@H](C)C2(c3ccccc3)CCCC2)s1. The van der Waals surface area contributed by atoms with E-state index in [4.69, 9.17) is 0 Å². The van der Waals surface area contributed by atoms with Crippen LogP contribution in [0.4, 0.5) is 5.13 Å². The Labute approximate surface area is 146 Å². The zero-order valence-electron chi connectivity index (χ0n) is 14.2. The zero-order valence-corrected chi connectivity index (χ0v) is 15.0. The van der Waals surface area contributed by atoms with Gasteiger partial charge in [-0.3, -0.25) is 4.79 Å². The first-order valence-corrected chi connectivity index (χ1v) is 9.31. The molecule has 0 unspecified atom stereocenters. The minimum atomic E-state index is 0.0171. The zero-order chi connectivity index (χ0) is 17.0. The normalized spacial score (nSPS) is 17.4. The fourth-order valence-electron chi connectivity index (χ4n) is 3.74. The van der Waals surface area contributed by atoms with Crippen molar-refractivity contribution in [1.82, 2.24) is 15.5 Å². The largest absolute Gasteiger partial charge is 0.363 e.